The summed E-state index contributed by atoms with van der Waals surface area (Å²) in [6.45, 7) is 2.81. The summed E-state index contributed by atoms with van der Waals surface area (Å²) in [6.07, 6.45) is 3.44. The number of anilines is 1. The Hall–Kier alpha value is -2.14. The maximum atomic E-state index is 13.6. The van der Waals surface area contributed by atoms with Crippen molar-refractivity contribution < 1.29 is 9.18 Å². The van der Waals surface area contributed by atoms with E-state index < -0.39 is 11.7 Å². The molecule has 0 atom stereocenters. The highest BCUT2D eigenvalue weighted by molar-refractivity contribution is 6.33. The molecule has 0 saturated carbocycles. The second-order valence-corrected chi connectivity index (χ2v) is 4.88. The zero-order chi connectivity index (χ0) is 15.2. The van der Waals surface area contributed by atoms with Crippen LogP contribution in [0.5, 0.6) is 0 Å². The average Bonchev–Trinajstić information content (AvgIpc) is 2.45. The molecule has 2 N–H and O–H groups in total. The van der Waals surface area contributed by atoms with E-state index in [1.54, 1.807) is 12.4 Å². The van der Waals surface area contributed by atoms with E-state index in [-0.39, 0.29) is 10.6 Å². The Balaban J connectivity index is 1.87. The van der Waals surface area contributed by atoms with Crippen molar-refractivity contribution in [1.82, 2.24) is 10.3 Å². The highest BCUT2D eigenvalue weighted by atomic mass is 35.5. The van der Waals surface area contributed by atoms with Crippen LogP contribution in [0.25, 0.3) is 0 Å². The Morgan fingerprint density at radius 1 is 1.33 bits per heavy atom. The monoisotopic (exact) mass is 307 g/mol. The summed E-state index contributed by atoms with van der Waals surface area (Å²) in [5.41, 5.74) is 1.84. The van der Waals surface area contributed by atoms with E-state index in [1.165, 1.54) is 18.2 Å². The Morgan fingerprint density at radius 2 is 2.14 bits per heavy atom. The Labute approximate surface area is 127 Å². The third-order valence-electron chi connectivity index (χ3n) is 2.94. The number of hydrogen-bond donors (Lipinski definition) is 2. The van der Waals surface area contributed by atoms with Crippen LogP contribution >= 0.6 is 11.6 Å². The van der Waals surface area contributed by atoms with Gasteiger partial charge in [-0.05, 0) is 30.7 Å². The molecule has 0 aliphatic heterocycles. The molecule has 0 radical (unpaired) electrons. The largest absolute Gasteiger partial charge is 0.383 e. The van der Waals surface area contributed by atoms with Crippen LogP contribution in [0.15, 0.2) is 36.7 Å². The van der Waals surface area contributed by atoms with Crippen LogP contribution in [0.4, 0.5) is 10.1 Å². The number of halogens is 2. The number of aromatic nitrogens is 1. The van der Waals surface area contributed by atoms with Gasteiger partial charge in [-0.15, -0.1) is 0 Å². The molecule has 1 aromatic carbocycles. The van der Waals surface area contributed by atoms with E-state index >= 15 is 0 Å². The normalized spacial score (nSPS) is 10.2. The molecule has 21 heavy (non-hydrogen) atoms. The predicted octanol–water partition coefficient (Wildman–Crippen LogP) is 3.02. The van der Waals surface area contributed by atoms with Crippen molar-refractivity contribution in [2.24, 2.45) is 0 Å². The van der Waals surface area contributed by atoms with Crippen molar-refractivity contribution in [3.63, 3.8) is 0 Å². The van der Waals surface area contributed by atoms with Crippen LogP contribution in [-0.2, 0) is 0 Å². The lowest BCUT2D eigenvalue weighted by molar-refractivity contribution is 0.0951. The zero-order valence-electron chi connectivity index (χ0n) is 11.5. The summed E-state index contributed by atoms with van der Waals surface area (Å²) in [4.78, 5) is 15.9. The van der Waals surface area contributed by atoms with Gasteiger partial charge in [-0.1, -0.05) is 17.7 Å². The Morgan fingerprint density at radius 3 is 2.86 bits per heavy atom. The molecule has 2 aromatic rings. The molecule has 0 bridgehead atoms. The van der Waals surface area contributed by atoms with E-state index in [0.29, 0.717) is 13.1 Å². The van der Waals surface area contributed by atoms with Crippen molar-refractivity contribution in [3.8, 4) is 0 Å². The number of nitrogens with one attached hydrogen (secondary N) is 2. The molecule has 1 heterocycles. The molecule has 0 saturated heterocycles. The number of amides is 1. The molecule has 0 spiro atoms. The number of hydrogen-bond acceptors (Lipinski definition) is 3. The molecule has 0 aliphatic carbocycles. The van der Waals surface area contributed by atoms with E-state index in [0.717, 1.165) is 11.3 Å². The third-order valence-corrected chi connectivity index (χ3v) is 3.25. The highest BCUT2D eigenvalue weighted by Crippen LogP contribution is 2.18. The van der Waals surface area contributed by atoms with E-state index in [1.807, 2.05) is 13.0 Å². The van der Waals surface area contributed by atoms with Crippen LogP contribution in [0.2, 0.25) is 5.02 Å². The standard InChI is InChI=1S/C15H15ClFN3O/c1-10-9-18-6-5-13(10)19-7-8-20-15(21)14-11(16)3-2-4-12(14)17/h2-6,9H,7-8H2,1H3,(H,18,19)(H,20,21). The van der Waals surface area contributed by atoms with Crippen molar-refractivity contribution in [2.45, 2.75) is 6.92 Å². The first-order valence-electron chi connectivity index (χ1n) is 6.46. The molecule has 110 valence electrons. The summed E-state index contributed by atoms with van der Waals surface area (Å²) >= 11 is 5.83. The van der Waals surface area contributed by atoms with Crippen LogP contribution in [0.3, 0.4) is 0 Å². The van der Waals surface area contributed by atoms with Gasteiger partial charge in [-0.3, -0.25) is 9.78 Å². The molecular formula is C15H15ClFN3O. The molecular weight excluding hydrogens is 293 g/mol. The third kappa shape index (κ3) is 3.92. The molecule has 4 nitrogen and oxygen atoms in total. The van der Waals surface area contributed by atoms with Crippen molar-refractivity contribution in [1.29, 1.82) is 0 Å². The fourth-order valence-corrected chi connectivity index (χ4v) is 2.10. The summed E-state index contributed by atoms with van der Waals surface area (Å²) in [5.74, 6) is -1.15. The Bertz CT molecular complexity index is 628. The summed E-state index contributed by atoms with van der Waals surface area (Å²) in [6, 6.07) is 6.00. The number of pyridine rings is 1. The molecule has 0 fully saturated rings. The van der Waals surface area contributed by atoms with Crippen LogP contribution in [-0.4, -0.2) is 24.0 Å². The van der Waals surface area contributed by atoms with Gasteiger partial charge in [0.15, 0.2) is 0 Å². The molecule has 6 heteroatoms. The number of benzene rings is 1. The summed E-state index contributed by atoms with van der Waals surface area (Å²) in [5, 5.41) is 5.90. The molecule has 1 aromatic heterocycles. The second-order valence-electron chi connectivity index (χ2n) is 4.47. The lowest BCUT2D eigenvalue weighted by Gasteiger charge is -2.10. The minimum atomic E-state index is -0.627. The van der Waals surface area contributed by atoms with Gasteiger partial charge in [0.1, 0.15) is 5.82 Å². The highest BCUT2D eigenvalue weighted by Gasteiger charge is 2.14. The van der Waals surface area contributed by atoms with E-state index in [4.69, 9.17) is 11.6 Å². The summed E-state index contributed by atoms with van der Waals surface area (Å²) in [7, 11) is 0. The molecule has 2 rings (SSSR count). The topological polar surface area (TPSA) is 54.0 Å². The van der Waals surface area contributed by atoms with Crippen LogP contribution in [0.1, 0.15) is 15.9 Å². The predicted molar refractivity (Wildman–Crippen MR) is 81.2 cm³/mol. The van der Waals surface area contributed by atoms with Crippen molar-refractivity contribution in [2.75, 3.05) is 18.4 Å². The van der Waals surface area contributed by atoms with Gasteiger partial charge in [0, 0.05) is 31.2 Å². The van der Waals surface area contributed by atoms with E-state index in [2.05, 4.69) is 15.6 Å². The molecule has 0 aliphatic rings. The zero-order valence-corrected chi connectivity index (χ0v) is 12.2. The fraction of sp³-hybridized carbons (Fsp3) is 0.200. The second kappa shape index (κ2) is 7.04. The van der Waals surface area contributed by atoms with Crippen LogP contribution in [0, 0.1) is 12.7 Å². The maximum Gasteiger partial charge on any atom is 0.255 e. The van der Waals surface area contributed by atoms with Gasteiger partial charge < -0.3 is 10.6 Å². The smallest absolute Gasteiger partial charge is 0.255 e. The van der Waals surface area contributed by atoms with Gasteiger partial charge >= 0.3 is 0 Å². The number of rotatable bonds is 5. The van der Waals surface area contributed by atoms with Crippen molar-refractivity contribution >= 4 is 23.2 Å². The molecule has 0 unspecified atom stereocenters. The Kier molecular flexibility index (Phi) is 5.11. The van der Waals surface area contributed by atoms with E-state index in [9.17, 15) is 9.18 Å². The number of nitrogens with zero attached hydrogens (tertiary/aromatic N) is 1. The molecule has 1 amide bonds. The quantitative estimate of drug-likeness (QED) is 0.835. The van der Waals surface area contributed by atoms with Gasteiger partial charge in [0.2, 0.25) is 0 Å². The maximum absolute atomic E-state index is 13.6. The first kappa shape index (κ1) is 15.3. The minimum absolute atomic E-state index is 0.102. The van der Waals surface area contributed by atoms with Gasteiger partial charge in [0.25, 0.3) is 5.91 Å². The van der Waals surface area contributed by atoms with Crippen molar-refractivity contribution in [3.05, 3.63) is 58.6 Å². The van der Waals surface area contributed by atoms with Gasteiger partial charge in [-0.2, -0.15) is 0 Å². The first-order valence-corrected chi connectivity index (χ1v) is 6.84. The number of aryl methyl sites for hydroxylation is 1. The summed E-state index contributed by atoms with van der Waals surface area (Å²) < 4.78 is 13.6. The fourth-order valence-electron chi connectivity index (χ4n) is 1.85. The van der Waals surface area contributed by atoms with Gasteiger partial charge in [0.05, 0.1) is 10.6 Å². The average molecular weight is 308 g/mol. The SMILES string of the molecule is Cc1cnccc1NCCNC(=O)c1c(F)cccc1Cl. The van der Waals surface area contributed by atoms with Crippen LogP contribution < -0.4 is 10.6 Å². The van der Waals surface area contributed by atoms with Gasteiger partial charge in [-0.25, -0.2) is 4.39 Å². The lowest BCUT2D eigenvalue weighted by Crippen LogP contribution is -2.29. The number of carbonyl (C=O) groups is 1. The first-order chi connectivity index (χ1) is 10.1. The number of carbonyl (C=O) groups excluding carboxylic acids is 1. The lowest BCUT2D eigenvalue weighted by atomic mass is 10.2. The minimum Gasteiger partial charge on any atom is -0.383 e.